The van der Waals surface area contributed by atoms with Gasteiger partial charge < -0.3 is 15.2 Å². The normalized spacial score (nSPS) is 13.8. The highest BCUT2D eigenvalue weighted by Crippen LogP contribution is 2.25. The van der Waals surface area contributed by atoms with E-state index in [1.807, 2.05) is 44.2 Å². The first-order chi connectivity index (χ1) is 14.5. The largest absolute Gasteiger partial charge is 0.494 e. The number of nitrogens with zero attached hydrogens (tertiary/aromatic N) is 4. The molecule has 0 atom stereocenters. The van der Waals surface area contributed by atoms with Crippen LogP contribution in [-0.2, 0) is 9.59 Å². The number of aliphatic hydroxyl groups excluding tert-OH is 1. The van der Waals surface area contributed by atoms with Crippen molar-refractivity contribution >= 4 is 28.5 Å². The average Bonchev–Trinajstić information content (AvgIpc) is 3.25. The van der Waals surface area contributed by atoms with E-state index in [4.69, 9.17) is 9.84 Å². The van der Waals surface area contributed by atoms with E-state index in [0.29, 0.717) is 23.3 Å². The molecule has 1 aliphatic heterocycles. The second-order valence-corrected chi connectivity index (χ2v) is 6.77. The number of carbonyl (C=O) groups excluding carboxylic acids is 2. The van der Waals surface area contributed by atoms with Gasteiger partial charge in [0, 0.05) is 11.8 Å². The Bertz CT molecular complexity index is 1150. The van der Waals surface area contributed by atoms with Crippen molar-refractivity contribution in [1.82, 2.24) is 19.9 Å². The van der Waals surface area contributed by atoms with Gasteiger partial charge in [0.15, 0.2) is 0 Å². The van der Waals surface area contributed by atoms with Crippen LogP contribution in [0.3, 0.4) is 0 Å². The summed E-state index contributed by atoms with van der Waals surface area (Å²) in [5.74, 6) is -0.136. The fourth-order valence-corrected chi connectivity index (χ4v) is 3.22. The summed E-state index contributed by atoms with van der Waals surface area (Å²) < 4.78 is 5.46. The van der Waals surface area contributed by atoms with Crippen LogP contribution < -0.4 is 10.1 Å². The van der Waals surface area contributed by atoms with Crippen molar-refractivity contribution in [3.8, 4) is 11.4 Å². The van der Waals surface area contributed by atoms with Gasteiger partial charge >= 0.3 is 0 Å². The molecule has 0 unspecified atom stereocenters. The number of rotatable bonds is 7. The number of aryl methyl sites for hydroxylation is 1. The number of benzene rings is 2. The van der Waals surface area contributed by atoms with Gasteiger partial charge in [-0.15, -0.1) is 10.2 Å². The molecule has 0 aliphatic carbocycles. The van der Waals surface area contributed by atoms with Crippen molar-refractivity contribution in [2.75, 3.05) is 25.1 Å². The maximum Gasteiger partial charge on any atom is 0.277 e. The number of amides is 2. The van der Waals surface area contributed by atoms with Crippen molar-refractivity contribution < 1.29 is 19.4 Å². The zero-order valence-electron chi connectivity index (χ0n) is 16.6. The fraction of sp³-hybridized carbons (Fsp3) is 0.238. The number of carbonyl (C=O) groups is 2. The highest BCUT2D eigenvalue weighted by atomic mass is 16.5. The van der Waals surface area contributed by atoms with Crippen LogP contribution in [0.4, 0.5) is 5.69 Å². The molecule has 1 aliphatic rings. The average molecular weight is 407 g/mol. The predicted molar refractivity (Wildman–Crippen MR) is 110 cm³/mol. The number of imide groups is 1. The summed E-state index contributed by atoms with van der Waals surface area (Å²) in [5.41, 5.74) is 3.80. The minimum Gasteiger partial charge on any atom is -0.494 e. The Labute approximate surface area is 172 Å². The standard InChI is InChI=1S/C21H21N5O4/c1-3-30-15-6-4-14(5-7-15)26-23-17-10-13(2)16(11-18(17)24-26)22-19-12-20(28)25(8-9-27)21(19)29/h4-7,10-12,22,27H,3,8-9H2,1-2H3. The summed E-state index contributed by atoms with van der Waals surface area (Å²) in [6.45, 7) is 4.09. The minimum absolute atomic E-state index is 0.0340. The van der Waals surface area contributed by atoms with Crippen LogP contribution in [0.25, 0.3) is 16.7 Å². The molecule has 9 heteroatoms. The molecule has 0 fully saturated rings. The van der Waals surface area contributed by atoms with Crippen molar-refractivity contribution in [3.05, 3.63) is 53.7 Å². The van der Waals surface area contributed by atoms with Crippen molar-refractivity contribution in [2.24, 2.45) is 0 Å². The van der Waals surface area contributed by atoms with Gasteiger partial charge in [0.25, 0.3) is 11.8 Å². The molecule has 3 aromatic rings. The van der Waals surface area contributed by atoms with Crippen LogP contribution >= 0.6 is 0 Å². The lowest BCUT2D eigenvalue weighted by Gasteiger charge is -2.14. The van der Waals surface area contributed by atoms with Crippen LogP contribution in [0.2, 0.25) is 0 Å². The van der Waals surface area contributed by atoms with Crippen LogP contribution in [-0.4, -0.2) is 56.6 Å². The highest BCUT2D eigenvalue weighted by Gasteiger charge is 2.30. The highest BCUT2D eigenvalue weighted by molar-refractivity contribution is 6.17. The van der Waals surface area contributed by atoms with E-state index in [-0.39, 0.29) is 18.8 Å². The molecule has 4 rings (SSSR count). The molecule has 0 spiro atoms. The van der Waals surface area contributed by atoms with Gasteiger partial charge in [-0.1, -0.05) is 0 Å². The number of aliphatic hydroxyl groups is 1. The smallest absolute Gasteiger partial charge is 0.277 e. The third-order valence-corrected chi connectivity index (χ3v) is 4.71. The number of anilines is 1. The SMILES string of the molecule is CCOc1ccc(-n2nc3cc(C)c(NC4=CC(=O)N(CCO)C4=O)cc3n2)cc1. The van der Waals surface area contributed by atoms with Gasteiger partial charge in [0.1, 0.15) is 22.5 Å². The third-order valence-electron chi connectivity index (χ3n) is 4.71. The Morgan fingerprint density at radius 1 is 1.10 bits per heavy atom. The van der Waals surface area contributed by atoms with E-state index >= 15 is 0 Å². The Balaban J connectivity index is 1.60. The lowest BCUT2D eigenvalue weighted by molar-refractivity contribution is -0.137. The second kappa shape index (κ2) is 7.96. The lowest BCUT2D eigenvalue weighted by Crippen LogP contribution is -2.34. The van der Waals surface area contributed by atoms with Gasteiger partial charge in [-0.05, 0) is 55.8 Å². The van der Waals surface area contributed by atoms with Crippen LogP contribution in [0.15, 0.2) is 48.2 Å². The first-order valence-corrected chi connectivity index (χ1v) is 9.56. The number of β-amino-alcohol motifs (C(OH)–C–C–N with tert-alkyl or cyclic N) is 1. The number of ether oxygens (including phenoxy) is 1. The second-order valence-electron chi connectivity index (χ2n) is 6.77. The molecule has 2 heterocycles. The summed E-state index contributed by atoms with van der Waals surface area (Å²) >= 11 is 0. The summed E-state index contributed by atoms with van der Waals surface area (Å²) in [6, 6.07) is 11.1. The van der Waals surface area contributed by atoms with Gasteiger partial charge in [-0.25, -0.2) is 0 Å². The van der Waals surface area contributed by atoms with Gasteiger partial charge in [-0.2, -0.15) is 4.80 Å². The number of fused-ring (bicyclic) bond motifs is 1. The molecule has 0 saturated heterocycles. The topological polar surface area (TPSA) is 110 Å². The number of hydrogen-bond acceptors (Lipinski definition) is 7. The van der Waals surface area contributed by atoms with E-state index in [0.717, 1.165) is 21.9 Å². The van der Waals surface area contributed by atoms with E-state index in [2.05, 4.69) is 15.5 Å². The quantitative estimate of drug-likeness (QED) is 0.575. The Morgan fingerprint density at radius 2 is 1.80 bits per heavy atom. The summed E-state index contributed by atoms with van der Waals surface area (Å²) in [4.78, 5) is 26.8. The van der Waals surface area contributed by atoms with E-state index < -0.39 is 11.8 Å². The molecule has 2 aromatic carbocycles. The van der Waals surface area contributed by atoms with Gasteiger partial charge in [-0.3, -0.25) is 14.5 Å². The predicted octanol–water partition coefficient (Wildman–Crippen LogP) is 1.78. The molecule has 0 bridgehead atoms. The molecule has 1 aromatic heterocycles. The van der Waals surface area contributed by atoms with Crippen LogP contribution in [0.5, 0.6) is 5.75 Å². The molecular weight excluding hydrogens is 386 g/mol. The molecule has 0 saturated carbocycles. The molecule has 2 N–H and O–H groups in total. The molecule has 9 nitrogen and oxygen atoms in total. The van der Waals surface area contributed by atoms with E-state index in [1.54, 1.807) is 6.07 Å². The molecule has 2 amide bonds. The zero-order chi connectivity index (χ0) is 21.3. The summed E-state index contributed by atoms with van der Waals surface area (Å²) in [6.07, 6.45) is 1.23. The molecular formula is C21H21N5O4. The van der Waals surface area contributed by atoms with Crippen LogP contribution in [0.1, 0.15) is 12.5 Å². The Kier molecular flexibility index (Phi) is 5.20. The van der Waals surface area contributed by atoms with Gasteiger partial charge in [0.05, 0.1) is 25.4 Å². The molecule has 30 heavy (non-hydrogen) atoms. The minimum atomic E-state index is -0.466. The number of nitrogens with one attached hydrogen (secondary N) is 1. The zero-order valence-corrected chi connectivity index (χ0v) is 16.6. The molecule has 0 radical (unpaired) electrons. The Hall–Kier alpha value is -3.72. The maximum atomic E-state index is 12.4. The van der Waals surface area contributed by atoms with Crippen LogP contribution in [0, 0.1) is 6.92 Å². The summed E-state index contributed by atoms with van der Waals surface area (Å²) in [5, 5.41) is 21.1. The van der Waals surface area contributed by atoms with E-state index in [9.17, 15) is 9.59 Å². The summed E-state index contributed by atoms with van der Waals surface area (Å²) in [7, 11) is 0. The van der Waals surface area contributed by atoms with Crippen molar-refractivity contribution in [1.29, 1.82) is 0 Å². The number of aromatic nitrogens is 3. The first kappa shape index (κ1) is 19.6. The Morgan fingerprint density at radius 3 is 2.47 bits per heavy atom. The third kappa shape index (κ3) is 3.62. The molecule has 154 valence electrons. The van der Waals surface area contributed by atoms with Crippen molar-refractivity contribution in [2.45, 2.75) is 13.8 Å². The maximum absolute atomic E-state index is 12.4. The van der Waals surface area contributed by atoms with Crippen molar-refractivity contribution in [3.63, 3.8) is 0 Å². The lowest BCUT2D eigenvalue weighted by atomic mass is 10.1. The fourth-order valence-electron chi connectivity index (χ4n) is 3.22. The van der Waals surface area contributed by atoms with E-state index in [1.165, 1.54) is 10.9 Å². The van der Waals surface area contributed by atoms with Gasteiger partial charge in [0.2, 0.25) is 0 Å². The monoisotopic (exact) mass is 407 g/mol. The first-order valence-electron chi connectivity index (χ1n) is 9.56. The number of hydrogen-bond donors (Lipinski definition) is 2.